The van der Waals surface area contributed by atoms with Gasteiger partial charge < -0.3 is 0 Å². The lowest BCUT2D eigenvalue weighted by atomic mass is 9.95. The van der Waals surface area contributed by atoms with Gasteiger partial charge in [-0.2, -0.15) is 0 Å². The van der Waals surface area contributed by atoms with E-state index >= 15 is 0 Å². The smallest absolute Gasteiger partial charge is 0.173 e. The summed E-state index contributed by atoms with van der Waals surface area (Å²) >= 11 is 0. The molecule has 0 amide bonds. The average Bonchev–Trinajstić information content (AvgIpc) is 3.30. The third-order valence-electron chi connectivity index (χ3n) is 5.58. The van der Waals surface area contributed by atoms with Crippen molar-refractivity contribution >= 4 is 0 Å². The monoisotopic (exact) mass is 325 g/mol. The molecule has 0 bridgehead atoms. The van der Waals surface area contributed by atoms with Crippen molar-refractivity contribution in [3.63, 3.8) is 0 Å². The van der Waals surface area contributed by atoms with Crippen LogP contribution >= 0.6 is 0 Å². The van der Waals surface area contributed by atoms with Crippen molar-refractivity contribution in [3.8, 4) is 0 Å². The van der Waals surface area contributed by atoms with Crippen molar-refractivity contribution in [2.75, 3.05) is 13.1 Å². The molecular formula is C19H27N5. The van der Waals surface area contributed by atoms with Crippen molar-refractivity contribution in [2.24, 2.45) is 0 Å². The maximum atomic E-state index is 4.50. The van der Waals surface area contributed by atoms with Crippen molar-refractivity contribution < 1.29 is 0 Å². The molecule has 0 spiro atoms. The second-order valence-electron chi connectivity index (χ2n) is 7.33. The molecule has 2 aliphatic rings. The summed E-state index contributed by atoms with van der Waals surface area (Å²) in [5.41, 5.74) is 2.61. The molecule has 2 aromatic rings. The lowest BCUT2D eigenvalue weighted by molar-refractivity contribution is 0.244. The van der Waals surface area contributed by atoms with Crippen LogP contribution in [-0.2, 0) is 0 Å². The van der Waals surface area contributed by atoms with Gasteiger partial charge in [0, 0.05) is 0 Å². The number of tetrazole rings is 1. The van der Waals surface area contributed by atoms with Crippen molar-refractivity contribution in [3.05, 3.63) is 41.2 Å². The SMILES string of the molecule is Cc1ccc([C@H](c2nnnn2C2CCCCC2)N2CCCC2)cc1. The summed E-state index contributed by atoms with van der Waals surface area (Å²) in [7, 11) is 0. The average molecular weight is 325 g/mol. The van der Waals surface area contributed by atoms with E-state index in [1.54, 1.807) is 0 Å². The second-order valence-corrected chi connectivity index (χ2v) is 7.33. The number of hydrogen-bond donors (Lipinski definition) is 0. The molecule has 1 saturated carbocycles. The fraction of sp³-hybridized carbons (Fsp3) is 0.632. The third kappa shape index (κ3) is 3.09. The molecule has 4 rings (SSSR count). The Bertz CT molecular complexity index is 651. The molecule has 0 radical (unpaired) electrons. The molecule has 1 aromatic heterocycles. The number of rotatable bonds is 4. The molecule has 1 aliphatic heterocycles. The largest absolute Gasteiger partial charge is 0.290 e. The summed E-state index contributed by atoms with van der Waals surface area (Å²) in [5, 5.41) is 13.0. The van der Waals surface area contributed by atoms with Gasteiger partial charge in [-0.25, -0.2) is 4.68 Å². The first-order chi connectivity index (χ1) is 11.8. The van der Waals surface area contributed by atoms with Crippen LogP contribution in [0, 0.1) is 6.92 Å². The van der Waals surface area contributed by atoms with Crippen LogP contribution in [0.15, 0.2) is 24.3 Å². The first-order valence-electron chi connectivity index (χ1n) is 9.41. The minimum atomic E-state index is 0.185. The number of aromatic nitrogens is 4. The summed E-state index contributed by atoms with van der Waals surface area (Å²) in [6.07, 6.45) is 8.89. The first kappa shape index (κ1) is 15.8. The standard InChI is InChI=1S/C19H27N5/c1-15-9-11-16(12-10-15)18(23-13-5-6-14-23)19-20-21-22-24(19)17-7-3-2-4-8-17/h9-12,17-18H,2-8,13-14H2,1H3/t18-/m1/s1. The third-order valence-corrected chi connectivity index (χ3v) is 5.58. The number of aryl methyl sites for hydroxylation is 1. The fourth-order valence-corrected chi connectivity index (χ4v) is 4.24. The Hall–Kier alpha value is -1.75. The summed E-state index contributed by atoms with van der Waals surface area (Å²) in [6.45, 7) is 4.41. The van der Waals surface area contributed by atoms with Crippen molar-refractivity contribution in [2.45, 2.75) is 64.0 Å². The summed E-state index contributed by atoms with van der Waals surface area (Å²) < 4.78 is 2.14. The van der Waals surface area contributed by atoms with E-state index in [0.717, 1.165) is 18.9 Å². The second kappa shape index (κ2) is 7.01. The molecule has 128 valence electrons. The Morgan fingerprint density at radius 3 is 2.38 bits per heavy atom. The molecular weight excluding hydrogens is 298 g/mol. The maximum Gasteiger partial charge on any atom is 0.173 e. The molecule has 5 nitrogen and oxygen atoms in total. The fourth-order valence-electron chi connectivity index (χ4n) is 4.24. The van der Waals surface area contributed by atoms with Gasteiger partial charge in [0.1, 0.15) is 0 Å². The highest BCUT2D eigenvalue weighted by Gasteiger charge is 2.31. The van der Waals surface area contributed by atoms with Gasteiger partial charge in [-0.1, -0.05) is 49.1 Å². The van der Waals surface area contributed by atoms with Crippen LogP contribution in [0.3, 0.4) is 0 Å². The van der Waals surface area contributed by atoms with Crippen LogP contribution in [0.2, 0.25) is 0 Å². The lowest BCUT2D eigenvalue weighted by Crippen LogP contribution is -2.30. The van der Waals surface area contributed by atoms with Gasteiger partial charge >= 0.3 is 0 Å². The lowest BCUT2D eigenvalue weighted by Gasteiger charge is -2.30. The van der Waals surface area contributed by atoms with Crippen LogP contribution in [0.25, 0.3) is 0 Å². The predicted molar refractivity (Wildman–Crippen MR) is 93.8 cm³/mol. The molecule has 0 unspecified atom stereocenters. The Labute approximate surface area is 144 Å². The Morgan fingerprint density at radius 1 is 0.958 bits per heavy atom. The van der Waals surface area contributed by atoms with Crippen molar-refractivity contribution in [1.82, 2.24) is 25.1 Å². The van der Waals surface area contributed by atoms with Crippen LogP contribution in [0.5, 0.6) is 0 Å². The van der Waals surface area contributed by atoms with Gasteiger partial charge in [0.05, 0.1) is 12.1 Å². The zero-order valence-corrected chi connectivity index (χ0v) is 14.6. The van der Waals surface area contributed by atoms with Gasteiger partial charge in [-0.3, -0.25) is 4.90 Å². The zero-order valence-electron chi connectivity index (χ0n) is 14.6. The topological polar surface area (TPSA) is 46.8 Å². The van der Waals surface area contributed by atoms with Gasteiger partial charge in [0.25, 0.3) is 0 Å². The van der Waals surface area contributed by atoms with Gasteiger partial charge in [-0.05, 0) is 61.7 Å². The Balaban J connectivity index is 1.71. The van der Waals surface area contributed by atoms with Gasteiger partial charge in [0.15, 0.2) is 5.82 Å². The van der Waals surface area contributed by atoms with E-state index in [-0.39, 0.29) is 6.04 Å². The normalized spacial score (nSPS) is 21.2. The van der Waals surface area contributed by atoms with Crippen LogP contribution in [0.4, 0.5) is 0 Å². The van der Waals surface area contributed by atoms with Crippen molar-refractivity contribution in [1.29, 1.82) is 0 Å². The predicted octanol–water partition coefficient (Wildman–Crippen LogP) is 3.67. The summed E-state index contributed by atoms with van der Waals surface area (Å²) in [4.78, 5) is 2.55. The molecule has 5 heteroatoms. The van der Waals surface area contributed by atoms with E-state index < -0.39 is 0 Å². The minimum absolute atomic E-state index is 0.185. The van der Waals surface area contributed by atoms with E-state index in [2.05, 4.69) is 56.3 Å². The molecule has 24 heavy (non-hydrogen) atoms. The minimum Gasteiger partial charge on any atom is -0.290 e. The van der Waals surface area contributed by atoms with Crippen LogP contribution < -0.4 is 0 Å². The number of nitrogens with zero attached hydrogens (tertiary/aromatic N) is 5. The highest BCUT2D eigenvalue weighted by Crippen LogP contribution is 2.34. The van der Waals surface area contributed by atoms with E-state index in [4.69, 9.17) is 0 Å². The number of hydrogen-bond acceptors (Lipinski definition) is 4. The number of benzene rings is 1. The quantitative estimate of drug-likeness (QED) is 0.860. The molecule has 2 fully saturated rings. The van der Waals surface area contributed by atoms with Gasteiger partial charge in [-0.15, -0.1) is 5.10 Å². The molecule has 1 aliphatic carbocycles. The molecule has 0 N–H and O–H groups in total. The number of likely N-dealkylation sites (tertiary alicyclic amines) is 1. The summed E-state index contributed by atoms with van der Waals surface area (Å²) in [5.74, 6) is 1.03. The van der Waals surface area contributed by atoms with E-state index in [1.807, 2.05) is 0 Å². The Kier molecular flexibility index (Phi) is 4.60. The highest BCUT2D eigenvalue weighted by atomic mass is 15.6. The van der Waals surface area contributed by atoms with Crippen LogP contribution in [-0.4, -0.2) is 38.2 Å². The van der Waals surface area contributed by atoms with E-state index in [9.17, 15) is 0 Å². The molecule has 1 atom stereocenters. The zero-order chi connectivity index (χ0) is 16.4. The van der Waals surface area contributed by atoms with E-state index in [1.165, 1.54) is 56.1 Å². The summed E-state index contributed by atoms with van der Waals surface area (Å²) in [6, 6.07) is 9.56. The molecule has 1 aromatic carbocycles. The Morgan fingerprint density at radius 2 is 1.67 bits per heavy atom. The van der Waals surface area contributed by atoms with Gasteiger partial charge in [0.2, 0.25) is 0 Å². The highest BCUT2D eigenvalue weighted by molar-refractivity contribution is 5.28. The maximum absolute atomic E-state index is 4.50. The van der Waals surface area contributed by atoms with E-state index in [0.29, 0.717) is 6.04 Å². The molecule has 2 heterocycles. The molecule has 1 saturated heterocycles. The van der Waals surface area contributed by atoms with Crippen LogP contribution in [0.1, 0.15) is 74.0 Å². The first-order valence-corrected chi connectivity index (χ1v) is 9.41.